The minimum absolute atomic E-state index is 0.991. The molecule has 0 unspecified atom stereocenters. The lowest BCUT2D eigenvalue weighted by Crippen LogP contribution is -1.71. The Labute approximate surface area is 191 Å². The molecule has 0 heteroatoms. The Hall–Kier alpha value is -4.88. The third-order valence-corrected chi connectivity index (χ3v) is 4.05. The van der Waals surface area contributed by atoms with Gasteiger partial charge in [-0.15, -0.1) is 0 Å². The molecular formula is C32H20. The van der Waals surface area contributed by atoms with Crippen LogP contribution in [0, 0.1) is 47.4 Å². The van der Waals surface area contributed by atoms with Gasteiger partial charge < -0.3 is 0 Å². The van der Waals surface area contributed by atoms with Crippen molar-refractivity contribution in [1.29, 1.82) is 0 Å². The fourth-order valence-corrected chi connectivity index (χ4v) is 2.50. The molecule has 0 aromatic heterocycles. The Morgan fingerprint density at radius 3 is 0.625 bits per heavy atom. The summed E-state index contributed by atoms with van der Waals surface area (Å²) >= 11 is 0. The van der Waals surface area contributed by atoms with E-state index < -0.39 is 0 Å². The molecule has 148 valence electrons. The molecule has 0 aliphatic heterocycles. The summed E-state index contributed by atoms with van der Waals surface area (Å²) in [6.45, 7) is 0. The minimum atomic E-state index is 0.991. The zero-order valence-corrected chi connectivity index (χ0v) is 17.5. The van der Waals surface area contributed by atoms with Crippen LogP contribution < -0.4 is 0 Å². The molecule has 0 saturated carbocycles. The quantitative estimate of drug-likeness (QED) is 0.307. The van der Waals surface area contributed by atoms with E-state index in [0.717, 1.165) is 22.3 Å². The molecule has 0 aliphatic rings. The molecule has 0 bridgehead atoms. The number of rotatable bonds is 0. The molecular weight excluding hydrogens is 384 g/mol. The van der Waals surface area contributed by atoms with Crippen LogP contribution in [-0.4, -0.2) is 0 Å². The van der Waals surface area contributed by atoms with Gasteiger partial charge in [0, 0.05) is 22.3 Å². The van der Waals surface area contributed by atoms with Gasteiger partial charge in [-0.2, -0.15) is 0 Å². The molecule has 4 aromatic rings. The molecule has 0 amide bonds. The van der Waals surface area contributed by atoms with E-state index in [1.807, 2.05) is 121 Å². The lowest BCUT2D eigenvalue weighted by molar-refractivity contribution is 1.65. The van der Waals surface area contributed by atoms with Gasteiger partial charge in [-0.05, 0) is 72.2 Å². The highest BCUT2D eigenvalue weighted by molar-refractivity contribution is 5.45. The van der Waals surface area contributed by atoms with Crippen LogP contribution >= 0.6 is 0 Å². The predicted octanol–water partition coefficient (Wildman–Crippen LogP) is 6.18. The summed E-state index contributed by atoms with van der Waals surface area (Å²) in [7, 11) is 0. The Bertz CT molecular complexity index is 1110. The van der Waals surface area contributed by atoms with E-state index in [1.165, 1.54) is 0 Å². The number of hydrogen-bond acceptors (Lipinski definition) is 0. The number of benzene rings is 4. The second kappa shape index (κ2) is 13.4. The summed E-state index contributed by atoms with van der Waals surface area (Å²) in [5.41, 5.74) is 3.96. The maximum atomic E-state index is 2.99. The highest BCUT2D eigenvalue weighted by atomic mass is 13.9. The van der Waals surface area contributed by atoms with Crippen LogP contribution in [0.3, 0.4) is 0 Å². The van der Waals surface area contributed by atoms with Gasteiger partial charge in [-0.25, -0.2) is 0 Å². The fourth-order valence-electron chi connectivity index (χ4n) is 2.50. The van der Waals surface area contributed by atoms with E-state index in [9.17, 15) is 0 Å². The van der Waals surface area contributed by atoms with Crippen LogP contribution in [0.1, 0.15) is 22.3 Å². The van der Waals surface area contributed by atoms with Crippen molar-refractivity contribution in [1.82, 2.24) is 0 Å². The highest BCUT2D eigenvalue weighted by Gasteiger charge is 1.82. The maximum absolute atomic E-state index is 2.99. The van der Waals surface area contributed by atoms with Gasteiger partial charge in [0.25, 0.3) is 0 Å². The first-order chi connectivity index (χ1) is 15.9. The van der Waals surface area contributed by atoms with Gasteiger partial charge in [0.05, 0.1) is 0 Å². The topological polar surface area (TPSA) is 0 Å². The van der Waals surface area contributed by atoms with E-state index in [4.69, 9.17) is 0 Å². The lowest BCUT2D eigenvalue weighted by Gasteiger charge is -1.84. The predicted molar refractivity (Wildman–Crippen MR) is 133 cm³/mol. The van der Waals surface area contributed by atoms with E-state index in [-0.39, 0.29) is 0 Å². The first-order valence-electron chi connectivity index (χ1n) is 10.1. The fraction of sp³-hybridized carbons (Fsp3) is 0. The Morgan fingerprint density at radius 1 is 0.250 bits per heavy atom. The van der Waals surface area contributed by atoms with Crippen LogP contribution in [0.25, 0.3) is 0 Å². The van der Waals surface area contributed by atoms with Gasteiger partial charge in [0.2, 0.25) is 0 Å². The standard InChI is InChI=1S/2C16H10/c2*1-3-9-15(10-4-1)13-7-8-14-16-11-5-2-6-12-16/h2*1-6,9-12H. The first-order valence-corrected chi connectivity index (χ1v) is 10.1. The van der Waals surface area contributed by atoms with E-state index in [2.05, 4.69) is 47.4 Å². The molecule has 0 spiro atoms. The average molecular weight is 405 g/mol. The smallest absolute Gasteiger partial charge is 0.0255 e. The van der Waals surface area contributed by atoms with Crippen molar-refractivity contribution in [3.05, 3.63) is 144 Å². The third kappa shape index (κ3) is 8.64. The van der Waals surface area contributed by atoms with E-state index >= 15 is 0 Å². The van der Waals surface area contributed by atoms with Crippen molar-refractivity contribution in [2.24, 2.45) is 0 Å². The molecule has 32 heavy (non-hydrogen) atoms. The Morgan fingerprint density at radius 2 is 0.438 bits per heavy atom. The molecule has 0 atom stereocenters. The summed E-state index contributed by atoms with van der Waals surface area (Å²) in [6, 6.07) is 39.4. The zero-order valence-electron chi connectivity index (χ0n) is 17.5. The monoisotopic (exact) mass is 404 g/mol. The highest BCUT2D eigenvalue weighted by Crippen LogP contribution is 1.97. The molecule has 0 N–H and O–H groups in total. The molecule has 0 heterocycles. The summed E-state index contributed by atoms with van der Waals surface area (Å²) < 4.78 is 0. The molecule has 4 aromatic carbocycles. The van der Waals surface area contributed by atoms with E-state index in [1.54, 1.807) is 0 Å². The normalized spacial score (nSPS) is 8.25. The van der Waals surface area contributed by atoms with E-state index in [0.29, 0.717) is 0 Å². The van der Waals surface area contributed by atoms with Crippen LogP contribution in [0.2, 0.25) is 0 Å². The molecule has 4 rings (SSSR count). The molecule has 0 aliphatic carbocycles. The van der Waals surface area contributed by atoms with Crippen molar-refractivity contribution in [2.45, 2.75) is 0 Å². The van der Waals surface area contributed by atoms with Gasteiger partial charge in [0.1, 0.15) is 0 Å². The molecule has 0 fully saturated rings. The van der Waals surface area contributed by atoms with Gasteiger partial charge in [-0.3, -0.25) is 0 Å². The van der Waals surface area contributed by atoms with Crippen molar-refractivity contribution in [3.8, 4) is 47.4 Å². The van der Waals surface area contributed by atoms with Crippen LogP contribution in [0.15, 0.2) is 121 Å². The van der Waals surface area contributed by atoms with Crippen LogP contribution in [0.4, 0.5) is 0 Å². The van der Waals surface area contributed by atoms with Crippen molar-refractivity contribution in [3.63, 3.8) is 0 Å². The van der Waals surface area contributed by atoms with Gasteiger partial charge >= 0.3 is 0 Å². The number of hydrogen-bond donors (Lipinski definition) is 0. The Balaban J connectivity index is 0.000000181. The van der Waals surface area contributed by atoms with Gasteiger partial charge in [0.15, 0.2) is 0 Å². The average Bonchev–Trinajstić information content (AvgIpc) is 2.88. The van der Waals surface area contributed by atoms with Crippen LogP contribution in [0.5, 0.6) is 0 Å². The molecule has 0 radical (unpaired) electrons. The first kappa shape index (κ1) is 21.8. The minimum Gasteiger partial charge on any atom is -0.0622 e. The van der Waals surface area contributed by atoms with Gasteiger partial charge in [-0.1, -0.05) is 96.5 Å². The summed E-state index contributed by atoms with van der Waals surface area (Å²) in [4.78, 5) is 0. The second-order valence-electron chi connectivity index (χ2n) is 6.46. The van der Waals surface area contributed by atoms with Crippen molar-refractivity contribution < 1.29 is 0 Å². The van der Waals surface area contributed by atoms with Crippen LogP contribution in [-0.2, 0) is 0 Å². The molecule has 0 nitrogen and oxygen atoms in total. The summed E-state index contributed by atoms with van der Waals surface area (Å²) in [5.74, 6) is 23.3. The lowest BCUT2D eigenvalue weighted by atomic mass is 10.2. The summed E-state index contributed by atoms with van der Waals surface area (Å²) in [5, 5.41) is 0. The molecule has 0 saturated heterocycles. The largest absolute Gasteiger partial charge is 0.0622 e. The summed E-state index contributed by atoms with van der Waals surface area (Å²) in [6.07, 6.45) is 0. The SMILES string of the molecule is C(C#Cc1ccccc1)#Cc1ccccc1.C(C#Cc1ccccc1)#Cc1ccccc1. The third-order valence-electron chi connectivity index (χ3n) is 4.05. The van der Waals surface area contributed by atoms with Crippen molar-refractivity contribution in [2.75, 3.05) is 0 Å². The maximum Gasteiger partial charge on any atom is 0.0255 e. The Kier molecular flexibility index (Phi) is 9.11. The zero-order chi connectivity index (χ0) is 22.1. The second-order valence-corrected chi connectivity index (χ2v) is 6.46. The van der Waals surface area contributed by atoms with Crippen molar-refractivity contribution >= 4 is 0 Å².